The van der Waals surface area contributed by atoms with Gasteiger partial charge in [0.15, 0.2) is 0 Å². The number of hydrogen-bond acceptors (Lipinski definition) is 6. The lowest BCUT2D eigenvalue weighted by Crippen LogP contribution is -2.33. The third kappa shape index (κ3) is 4.44. The van der Waals surface area contributed by atoms with E-state index in [0.717, 1.165) is 28.2 Å². The second-order valence-corrected chi connectivity index (χ2v) is 7.31. The minimum atomic E-state index is -0.379. The summed E-state index contributed by atoms with van der Waals surface area (Å²) in [4.78, 5) is 16.7. The average molecular weight is 416 g/mol. The Bertz CT molecular complexity index is 1110. The van der Waals surface area contributed by atoms with Crippen LogP contribution in [0.25, 0.3) is 0 Å². The van der Waals surface area contributed by atoms with E-state index in [-0.39, 0.29) is 23.9 Å². The van der Waals surface area contributed by atoms with Crippen molar-refractivity contribution in [2.75, 3.05) is 14.2 Å². The van der Waals surface area contributed by atoms with Gasteiger partial charge in [0.1, 0.15) is 17.7 Å². The van der Waals surface area contributed by atoms with E-state index >= 15 is 0 Å². The Morgan fingerprint density at radius 1 is 1.03 bits per heavy atom. The molecule has 1 aliphatic heterocycles. The molecule has 2 N–H and O–H groups in total. The van der Waals surface area contributed by atoms with Crippen molar-refractivity contribution in [3.05, 3.63) is 95.1 Å². The van der Waals surface area contributed by atoms with E-state index in [0.29, 0.717) is 12.0 Å². The molecule has 6 heteroatoms. The predicted octanol–water partition coefficient (Wildman–Crippen LogP) is 4.41. The fraction of sp³-hybridized carbons (Fsp3) is 0.200. The number of phenols is 1. The van der Waals surface area contributed by atoms with E-state index in [1.165, 1.54) is 7.11 Å². The molecular weight excluding hydrogens is 392 g/mol. The van der Waals surface area contributed by atoms with Crippen molar-refractivity contribution in [2.45, 2.75) is 18.6 Å². The molecule has 0 unspecified atom stereocenters. The van der Waals surface area contributed by atoms with Crippen LogP contribution >= 0.6 is 0 Å². The summed E-state index contributed by atoms with van der Waals surface area (Å²) in [7, 11) is 3.00. The van der Waals surface area contributed by atoms with Crippen LogP contribution in [0.2, 0.25) is 0 Å². The molecule has 158 valence electrons. The van der Waals surface area contributed by atoms with Crippen LogP contribution in [-0.2, 0) is 4.74 Å². The monoisotopic (exact) mass is 416 g/mol. The van der Waals surface area contributed by atoms with Crippen molar-refractivity contribution >= 4 is 11.7 Å². The number of esters is 1. The Morgan fingerprint density at radius 2 is 1.81 bits per heavy atom. The second kappa shape index (κ2) is 9.02. The Balaban J connectivity index is 1.73. The average Bonchev–Trinajstić information content (AvgIpc) is 2.83. The summed E-state index contributed by atoms with van der Waals surface area (Å²) < 4.78 is 10.2. The third-order valence-corrected chi connectivity index (χ3v) is 5.40. The zero-order chi connectivity index (χ0) is 21.8. The summed E-state index contributed by atoms with van der Waals surface area (Å²) in [6.45, 7) is 0. The molecule has 3 aromatic carbocycles. The topological polar surface area (TPSA) is 80.2 Å². The third-order valence-electron chi connectivity index (χ3n) is 5.40. The first-order valence-corrected chi connectivity index (χ1v) is 10.0. The lowest BCUT2D eigenvalue weighted by molar-refractivity contribution is 0.0600. The van der Waals surface area contributed by atoms with E-state index in [2.05, 4.69) is 5.32 Å². The predicted molar refractivity (Wildman–Crippen MR) is 119 cm³/mol. The number of hydrogen-bond donors (Lipinski definition) is 2. The van der Waals surface area contributed by atoms with Crippen LogP contribution in [0.15, 0.2) is 77.8 Å². The number of nitrogens with zero attached hydrogens (tertiary/aromatic N) is 1. The molecule has 3 aromatic rings. The normalized spacial score (nSPS) is 18.2. The van der Waals surface area contributed by atoms with Gasteiger partial charge in [-0.25, -0.2) is 4.79 Å². The fourth-order valence-corrected chi connectivity index (χ4v) is 3.76. The van der Waals surface area contributed by atoms with E-state index in [1.54, 1.807) is 25.3 Å². The molecule has 1 aliphatic rings. The first-order chi connectivity index (χ1) is 15.1. The standard InChI is InChI=1S/C25H24N2O4/c1-30-19-7-5-6-18(14-19)21-15-22(20-8-3-4-9-23(20)28)27-24(26-21)16-10-12-17(13-11-16)25(29)31-2/h3-14,22,24,27-28H,15H2,1-2H3/t22-,24-/m0/s1. The molecule has 0 spiro atoms. The molecule has 0 radical (unpaired) electrons. The molecule has 0 amide bonds. The maximum atomic E-state index is 11.8. The smallest absolute Gasteiger partial charge is 0.337 e. The largest absolute Gasteiger partial charge is 0.508 e. The number of methoxy groups -OCH3 is 2. The molecule has 4 rings (SSSR count). The number of ether oxygens (including phenoxy) is 2. The quantitative estimate of drug-likeness (QED) is 0.602. The van der Waals surface area contributed by atoms with E-state index < -0.39 is 0 Å². The highest BCUT2D eigenvalue weighted by Crippen LogP contribution is 2.34. The number of para-hydroxylation sites is 1. The Morgan fingerprint density at radius 3 is 2.52 bits per heavy atom. The van der Waals surface area contributed by atoms with Crippen LogP contribution in [0, 0.1) is 0 Å². The van der Waals surface area contributed by atoms with Gasteiger partial charge in [0.05, 0.1) is 19.8 Å². The molecule has 0 aliphatic carbocycles. The summed E-state index contributed by atoms with van der Waals surface area (Å²) in [6, 6.07) is 22.2. The van der Waals surface area contributed by atoms with E-state index in [1.807, 2.05) is 54.6 Å². The van der Waals surface area contributed by atoms with Gasteiger partial charge in [-0.15, -0.1) is 0 Å². The maximum absolute atomic E-state index is 11.8. The maximum Gasteiger partial charge on any atom is 0.337 e. The first-order valence-electron chi connectivity index (χ1n) is 10.0. The zero-order valence-electron chi connectivity index (χ0n) is 17.4. The molecule has 0 aromatic heterocycles. The number of aromatic hydroxyl groups is 1. The van der Waals surface area contributed by atoms with Crippen molar-refractivity contribution in [3.8, 4) is 11.5 Å². The Kier molecular flexibility index (Phi) is 6.00. The Hall–Kier alpha value is -3.64. The number of carbonyl (C=O) groups is 1. The number of rotatable bonds is 5. The van der Waals surface area contributed by atoms with Gasteiger partial charge in [0.2, 0.25) is 0 Å². The molecule has 0 fully saturated rings. The van der Waals surface area contributed by atoms with Gasteiger partial charge in [-0.05, 0) is 41.5 Å². The van der Waals surface area contributed by atoms with Gasteiger partial charge < -0.3 is 14.6 Å². The van der Waals surface area contributed by atoms with Gasteiger partial charge in [-0.1, -0.05) is 42.5 Å². The second-order valence-electron chi connectivity index (χ2n) is 7.31. The van der Waals surface area contributed by atoms with Gasteiger partial charge >= 0.3 is 5.97 Å². The number of nitrogens with one attached hydrogen (secondary N) is 1. The summed E-state index contributed by atoms with van der Waals surface area (Å²) in [5.74, 6) is 0.624. The Labute approximate surface area is 181 Å². The lowest BCUT2D eigenvalue weighted by Gasteiger charge is -2.31. The molecule has 6 nitrogen and oxygen atoms in total. The molecule has 2 atom stereocenters. The minimum absolute atomic E-state index is 0.134. The summed E-state index contributed by atoms with van der Waals surface area (Å²) >= 11 is 0. The molecule has 0 saturated heterocycles. The summed E-state index contributed by atoms with van der Waals surface area (Å²) in [6.07, 6.45) is 0.271. The minimum Gasteiger partial charge on any atom is -0.508 e. The van der Waals surface area contributed by atoms with Crippen molar-refractivity contribution in [1.82, 2.24) is 5.32 Å². The van der Waals surface area contributed by atoms with E-state index in [9.17, 15) is 9.90 Å². The van der Waals surface area contributed by atoms with Crippen LogP contribution in [0.4, 0.5) is 0 Å². The number of aliphatic imine (C=N–C) groups is 1. The summed E-state index contributed by atoms with van der Waals surface area (Å²) in [5, 5.41) is 14.0. The van der Waals surface area contributed by atoms with Crippen molar-refractivity contribution in [2.24, 2.45) is 4.99 Å². The highest BCUT2D eigenvalue weighted by Gasteiger charge is 2.27. The van der Waals surface area contributed by atoms with Gasteiger partial charge in [-0.2, -0.15) is 0 Å². The molecular formula is C25H24N2O4. The van der Waals surface area contributed by atoms with Crippen molar-refractivity contribution in [3.63, 3.8) is 0 Å². The number of benzene rings is 3. The molecule has 1 heterocycles. The number of carbonyl (C=O) groups excluding carboxylic acids is 1. The molecule has 0 saturated carbocycles. The van der Waals surface area contributed by atoms with Gasteiger partial charge in [0.25, 0.3) is 0 Å². The van der Waals surface area contributed by atoms with Crippen molar-refractivity contribution < 1.29 is 19.4 Å². The number of phenolic OH excluding ortho intramolecular Hbond substituents is 1. The first kappa shape index (κ1) is 20.6. The van der Waals surface area contributed by atoms with Crippen LogP contribution in [0.1, 0.15) is 45.7 Å². The van der Waals surface area contributed by atoms with Crippen LogP contribution in [-0.4, -0.2) is 31.0 Å². The van der Waals surface area contributed by atoms with Gasteiger partial charge in [-0.3, -0.25) is 10.3 Å². The lowest BCUT2D eigenvalue weighted by atomic mass is 9.93. The highest BCUT2D eigenvalue weighted by molar-refractivity contribution is 6.02. The fourth-order valence-electron chi connectivity index (χ4n) is 3.76. The van der Waals surface area contributed by atoms with Crippen LogP contribution in [0.3, 0.4) is 0 Å². The SMILES string of the molecule is COC(=O)c1ccc([C@H]2N=C(c3cccc(OC)c3)C[C@@H](c3ccccc3O)N2)cc1. The summed E-state index contributed by atoms with van der Waals surface area (Å²) in [5.41, 5.74) is 4.09. The highest BCUT2D eigenvalue weighted by atomic mass is 16.5. The van der Waals surface area contributed by atoms with Gasteiger partial charge in [0, 0.05) is 23.7 Å². The zero-order valence-corrected chi connectivity index (χ0v) is 17.4. The van der Waals surface area contributed by atoms with Crippen molar-refractivity contribution in [1.29, 1.82) is 0 Å². The molecule has 31 heavy (non-hydrogen) atoms. The van der Waals surface area contributed by atoms with Crippen LogP contribution < -0.4 is 10.1 Å². The molecule has 0 bridgehead atoms. The van der Waals surface area contributed by atoms with E-state index in [4.69, 9.17) is 14.5 Å². The van der Waals surface area contributed by atoms with Crippen LogP contribution in [0.5, 0.6) is 11.5 Å².